The van der Waals surface area contributed by atoms with Crippen LogP contribution >= 0.6 is 24.0 Å². The maximum Gasteiger partial charge on any atom is 0.251 e. The molecule has 2 rings (SSSR count). The van der Waals surface area contributed by atoms with Gasteiger partial charge in [-0.15, -0.1) is 24.0 Å². The largest absolute Gasteiger partial charge is 0.356 e. The van der Waals surface area contributed by atoms with E-state index in [2.05, 4.69) is 34.8 Å². The summed E-state index contributed by atoms with van der Waals surface area (Å²) in [5.41, 5.74) is 2.26. The second-order valence-corrected chi connectivity index (χ2v) is 8.43. The van der Waals surface area contributed by atoms with Gasteiger partial charge in [-0.25, -0.2) is 4.39 Å². The molecule has 2 aromatic rings. The average Bonchev–Trinajstić information content (AvgIpc) is 2.73. The lowest BCUT2D eigenvalue weighted by Crippen LogP contribution is -2.43. The van der Waals surface area contributed by atoms with E-state index in [4.69, 9.17) is 0 Å². The quantitative estimate of drug-likeness (QED) is 0.252. The zero-order valence-electron chi connectivity index (χ0n) is 19.5. The molecular formula is C24H35FIN5O. The molecular weight excluding hydrogens is 520 g/mol. The van der Waals surface area contributed by atoms with E-state index in [0.717, 1.165) is 17.7 Å². The van der Waals surface area contributed by atoms with Crippen LogP contribution in [0.1, 0.15) is 35.3 Å². The fraction of sp³-hybridized carbons (Fsp3) is 0.417. The molecule has 0 aliphatic heterocycles. The van der Waals surface area contributed by atoms with Gasteiger partial charge in [0.1, 0.15) is 5.82 Å². The van der Waals surface area contributed by atoms with Gasteiger partial charge in [-0.3, -0.25) is 9.79 Å². The first-order chi connectivity index (χ1) is 14.7. The van der Waals surface area contributed by atoms with Crippen molar-refractivity contribution in [3.63, 3.8) is 0 Å². The van der Waals surface area contributed by atoms with E-state index in [1.807, 2.05) is 49.3 Å². The Labute approximate surface area is 208 Å². The minimum Gasteiger partial charge on any atom is -0.356 e. The minimum atomic E-state index is -0.274. The van der Waals surface area contributed by atoms with Crippen LogP contribution in [0.3, 0.4) is 0 Å². The van der Waals surface area contributed by atoms with Gasteiger partial charge in [0.15, 0.2) is 5.96 Å². The van der Waals surface area contributed by atoms with E-state index in [0.29, 0.717) is 31.2 Å². The van der Waals surface area contributed by atoms with E-state index >= 15 is 0 Å². The van der Waals surface area contributed by atoms with Crippen LogP contribution in [0.25, 0.3) is 0 Å². The van der Waals surface area contributed by atoms with E-state index < -0.39 is 0 Å². The topological polar surface area (TPSA) is 68.8 Å². The summed E-state index contributed by atoms with van der Waals surface area (Å²) < 4.78 is 13.6. The van der Waals surface area contributed by atoms with Crippen molar-refractivity contribution in [3.8, 4) is 0 Å². The average molecular weight is 555 g/mol. The fourth-order valence-corrected chi connectivity index (χ4v) is 3.04. The number of likely N-dealkylation sites (N-methyl/N-ethyl adjacent to an activating group) is 1. The highest BCUT2D eigenvalue weighted by atomic mass is 127. The second kappa shape index (κ2) is 13.4. The Balaban J connectivity index is 0.00000512. The number of amides is 1. The third kappa shape index (κ3) is 9.12. The summed E-state index contributed by atoms with van der Waals surface area (Å²) in [4.78, 5) is 18.6. The monoisotopic (exact) mass is 555 g/mol. The van der Waals surface area contributed by atoms with Crippen LogP contribution in [0.2, 0.25) is 0 Å². The molecule has 0 unspecified atom stereocenters. The van der Waals surface area contributed by atoms with Crippen molar-refractivity contribution in [2.45, 2.75) is 25.8 Å². The highest BCUT2D eigenvalue weighted by Gasteiger charge is 2.21. The molecule has 0 radical (unpaired) electrons. The molecule has 0 heterocycles. The van der Waals surface area contributed by atoms with Crippen molar-refractivity contribution < 1.29 is 9.18 Å². The van der Waals surface area contributed by atoms with Gasteiger partial charge >= 0.3 is 0 Å². The third-order valence-electron chi connectivity index (χ3n) is 5.02. The van der Waals surface area contributed by atoms with Gasteiger partial charge in [-0.05, 0) is 49.5 Å². The van der Waals surface area contributed by atoms with E-state index in [1.54, 1.807) is 19.2 Å². The number of carbonyl (C=O) groups excluding carboxylic acids is 1. The summed E-state index contributed by atoms with van der Waals surface area (Å²) in [5.74, 6) is 0.326. The number of aliphatic imine (C=N–C) groups is 1. The van der Waals surface area contributed by atoms with Gasteiger partial charge in [0.25, 0.3) is 5.91 Å². The maximum absolute atomic E-state index is 13.6. The van der Waals surface area contributed by atoms with Gasteiger partial charge in [-0.1, -0.05) is 38.1 Å². The molecule has 1 amide bonds. The van der Waals surface area contributed by atoms with E-state index in [-0.39, 0.29) is 41.1 Å². The standard InChI is InChI=1S/C24H34FN5O.HI/c1-24(2,20-10-7-11-21(25)15-20)17-29-23(26-3)28-16-18-8-6-9-19(14-18)22(31)27-12-13-30(4)5;/h6-11,14-15H,12-13,16-17H2,1-5H3,(H,27,31)(H2,26,28,29);1H. The number of guanidine groups is 1. The molecule has 0 saturated heterocycles. The maximum atomic E-state index is 13.6. The molecule has 0 aromatic heterocycles. The van der Waals surface area contributed by atoms with Crippen molar-refractivity contribution in [3.05, 3.63) is 71.0 Å². The molecule has 0 saturated carbocycles. The molecule has 2 aromatic carbocycles. The first-order valence-corrected chi connectivity index (χ1v) is 10.4. The Bertz CT molecular complexity index is 901. The molecule has 0 aliphatic rings. The summed E-state index contributed by atoms with van der Waals surface area (Å²) in [6, 6.07) is 14.2. The van der Waals surface area contributed by atoms with Crippen LogP contribution in [0.4, 0.5) is 4.39 Å². The van der Waals surface area contributed by atoms with Crippen molar-refractivity contribution in [1.82, 2.24) is 20.9 Å². The summed E-state index contributed by atoms with van der Waals surface area (Å²) >= 11 is 0. The highest BCUT2D eigenvalue weighted by Crippen LogP contribution is 2.22. The highest BCUT2D eigenvalue weighted by molar-refractivity contribution is 14.0. The first kappa shape index (κ1) is 27.8. The number of hydrogen-bond donors (Lipinski definition) is 3. The number of carbonyl (C=O) groups is 1. The van der Waals surface area contributed by atoms with Crippen molar-refractivity contribution >= 4 is 35.8 Å². The van der Waals surface area contributed by atoms with Crippen LogP contribution in [0, 0.1) is 5.82 Å². The van der Waals surface area contributed by atoms with Gasteiger partial charge in [0.05, 0.1) is 0 Å². The number of hydrogen-bond acceptors (Lipinski definition) is 3. The molecule has 176 valence electrons. The first-order valence-electron chi connectivity index (χ1n) is 10.4. The lowest BCUT2D eigenvalue weighted by molar-refractivity contribution is 0.0951. The Morgan fingerprint density at radius 2 is 1.78 bits per heavy atom. The number of halogens is 2. The Kier molecular flexibility index (Phi) is 11.6. The molecule has 0 spiro atoms. The molecule has 3 N–H and O–H groups in total. The van der Waals surface area contributed by atoms with Crippen molar-refractivity contribution in [1.29, 1.82) is 0 Å². The lowest BCUT2D eigenvalue weighted by Gasteiger charge is -2.27. The zero-order chi connectivity index (χ0) is 22.9. The van der Waals surface area contributed by atoms with Crippen LogP contribution in [-0.2, 0) is 12.0 Å². The summed E-state index contributed by atoms with van der Waals surface area (Å²) in [6.45, 7) is 6.62. The van der Waals surface area contributed by atoms with Gasteiger partial charge in [0.2, 0.25) is 0 Å². The van der Waals surface area contributed by atoms with Crippen LogP contribution in [-0.4, -0.2) is 57.5 Å². The van der Waals surface area contributed by atoms with Gasteiger partial charge < -0.3 is 20.9 Å². The van der Waals surface area contributed by atoms with Crippen molar-refractivity contribution in [2.24, 2.45) is 4.99 Å². The van der Waals surface area contributed by atoms with Crippen molar-refractivity contribution in [2.75, 3.05) is 40.8 Å². The predicted molar refractivity (Wildman–Crippen MR) is 140 cm³/mol. The number of benzene rings is 2. The zero-order valence-corrected chi connectivity index (χ0v) is 21.9. The number of rotatable bonds is 9. The summed E-state index contributed by atoms with van der Waals surface area (Å²) in [6.07, 6.45) is 0. The summed E-state index contributed by atoms with van der Waals surface area (Å²) in [5, 5.41) is 9.50. The SMILES string of the molecule is CN=C(NCc1cccc(C(=O)NCCN(C)C)c1)NCC(C)(C)c1cccc(F)c1.I. The van der Waals surface area contributed by atoms with E-state index in [9.17, 15) is 9.18 Å². The molecule has 32 heavy (non-hydrogen) atoms. The fourth-order valence-electron chi connectivity index (χ4n) is 3.04. The Morgan fingerprint density at radius 1 is 1.06 bits per heavy atom. The molecule has 0 fully saturated rings. The predicted octanol–water partition coefficient (Wildman–Crippen LogP) is 3.38. The minimum absolute atomic E-state index is 0. The van der Waals surface area contributed by atoms with Gasteiger partial charge in [-0.2, -0.15) is 0 Å². The number of nitrogens with one attached hydrogen (secondary N) is 3. The smallest absolute Gasteiger partial charge is 0.251 e. The van der Waals surface area contributed by atoms with Crippen LogP contribution in [0.15, 0.2) is 53.5 Å². The normalized spacial score (nSPS) is 11.7. The van der Waals surface area contributed by atoms with Crippen LogP contribution < -0.4 is 16.0 Å². The second-order valence-electron chi connectivity index (χ2n) is 8.43. The molecule has 0 bridgehead atoms. The lowest BCUT2D eigenvalue weighted by atomic mass is 9.84. The molecule has 6 nitrogen and oxygen atoms in total. The van der Waals surface area contributed by atoms with Crippen LogP contribution in [0.5, 0.6) is 0 Å². The Hall–Kier alpha value is -2.20. The summed E-state index contributed by atoms with van der Waals surface area (Å²) in [7, 11) is 5.65. The third-order valence-corrected chi connectivity index (χ3v) is 5.02. The number of nitrogens with zero attached hydrogens (tertiary/aromatic N) is 2. The Morgan fingerprint density at radius 3 is 2.44 bits per heavy atom. The van der Waals surface area contributed by atoms with E-state index in [1.165, 1.54) is 6.07 Å². The van der Waals surface area contributed by atoms with Gasteiger partial charge in [0, 0.05) is 44.2 Å². The molecule has 0 aliphatic carbocycles. The molecule has 8 heteroatoms. The molecule has 0 atom stereocenters.